The Balaban J connectivity index is 1.79. The molecule has 1 aliphatic rings. The number of aryl methyl sites for hydroxylation is 1. The maximum absolute atomic E-state index is 12.3. The van der Waals surface area contributed by atoms with Gasteiger partial charge in [-0.15, -0.1) is 5.10 Å². The van der Waals surface area contributed by atoms with Crippen LogP contribution < -0.4 is 5.69 Å². The van der Waals surface area contributed by atoms with Crippen molar-refractivity contribution in [1.82, 2.24) is 19.7 Å². The Morgan fingerprint density at radius 2 is 2.04 bits per heavy atom. The second-order valence-electron chi connectivity index (χ2n) is 6.62. The van der Waals surface area contributed by atoms with Crippen LogP contribution in [0.3, 0.4) is 0 Å². The van der Waals surface area contributed by atoms with Gasteiger partial charge in [0.05, 0.1) is 11.1 Å². The van der Waals surface area contributed by atoms with Gasteiger partial charge in [0.25, 0.3) is 0 Å². The molecule has 1 saturated carbocycles. The number of para-hydroxylation sites is 1. The molecule has 6 nitrogen and oxygen atoms in total. The fourth-order valence-electron chi connectivity index (χ4n) is 3.66. The van der Waals surface area contributed by atoms with Crippen molar-refractivity contribution in [1.29, 1.82) is 5.26 Å². The SMILES string of the molecule is Cc1c(C#N)c(Sc2n[nH]c(=O)n2C2CCCCC2)nc2ccccc12. The molecule has 3 aromatic rings. The molecule has 2 aromatic heterocycles. The number of nitriles is 1. The van der Waals surface area contributed by atoms with E-state index in [4.69, 9.17) is 0 Å². The van der Waals surface area contributed by atoms with Crippen LogP contribution in [0.2, 0.25) is 0 Å². The second kappa shape index (κ2) is 6.96. The van der Waals surface area contributed by atoms with E-state index in [0.29, 0.717) is 15.7 Å². The van der Waals surface area contributed by atoms with E-state index in [1.807, 2.05) is 31.2 Å². The van der Waals surface area contributed by atoms with Gasteiger partial charge in [0.2, 0.25) is 0 Å². The van der Waals surface area contributed by atoms with Gasteiger partial charge < -0.3 is 0 Å². The van der Waals surface area contributed by atoms with Crippen molar-refractivity contribution in [3.05, 3.63) is 45.9 Å². The van der Waals surface area contributed by atoms with Crippen molar-refractivity contribution in [2.45, 2.75) is 55.3 Å². The Labute approximate surface area is 155 Å². The molecule has 4 rings (SSSR count). The van der Waals surface area contributed by atoms with Gasteiger partial charge >= 0.3 is 5.69 Å². The third kappa shape index (κ3) is 2.90. The third-order valence-corrected chi connectivity index (χ3v) is 5.99. The van der Waals surface area contributed by atoms with E-state index in [0.717, 1.165) is 42.1 Å². The van der Waals surface area contributed by atoms with Crippen molar-refractivity contribution in [3.8, 4) is 6.07 Å². The van der Waals surface area contributed by atoms with Crippen LogP contribution in [-0.4, -0.2) is 19.7 Å². The molecule has 1 N–H and O–H groups in total. The van der Waals surface area contributed by atoms with Crippen LogP contribution in [-0.2, 0) is 0 Å². The summed E-state index contributed by atoms with van der Waals surface area (Å²) in [4.78, 5) is 17.0. The molecule has 26 heavy (non-hydrogen) atoms. The van der Waals surface area contributed by atoms with E-state index in [9.17, 15) is 10.1 Å². The van der Waals surface area contributed by atoms with Gasteiger partial charge in [-0.2, -0.15) is 5.26 Å². The first-order valence-electron chi connectivity index (χ1n) is 8.83. The number of benzene rings is 1. The zero-order chi connectivity index (χ0) is 18.1. The normalized spacial score (nSPS) is 15.2. The topological polar surface area (TPSA) is 87.4 Å². The summed E-state index contributed by atoms with van der Waals surface area (Å²) < 4.78 is 1.75. The first kappa shape index (κ1) is 16.9. The number of fused-ring (bicyclic) bond motifs is 1. The largest absolute Gasteiger partial charge is 0.344 e. The summed E-state index contributed by atoms with van der Waals surface area (Å²) in [6.07, 6.45) is 5.45. The molecule has 0 radical (unpaired) electrons. The molecule has 2 heterocycles. The van der Waals surface area contributed by atoms with Gasteiger partial charge in [-0.1, -0.05) is 37.5 Å². The molecule has 0 spiro atoms. The Bertz CT molecular complexity index is 1060. The standard InChI is InChI=1S/C19H19N5OS/c1-12-14-9-5-6-10-16(14)21-17(15(12)11-20)26-19-23-22-18(25)24(19)13-7-3-2-4-8-13/h5-6,9-10,13H,2-4,7-8H2,1H3,(H,22,25). The van der Waals surface area contributed by atoms with E-state index in [1.165, 1.54) is 18.2 Å². The van der Waals surface area contributed by atoms with Gasteiger partial charge in [0, 0.05) is 11.4 Å². The van der Waals surface area contributed by atoms with Gasteiger partial charge in [0.1, 0.15) is 11.1 Å². The summed E-state index contributed by atoms with van der Waals surface area (Å²) in [6.45, 7) is 1.94. The maximum Gasteiger partial charge on any atom is 0.344 e. The van der Waals surface area contributed by atoms with Crippen molar-refractivity contribution in [3.63, 3.8) is 0 Å². The number of H-pyrrole nitrogens is 1. The Morgan fingerprint density at radius 3 is 2.81 bits per heavy atom. The zero-order valence-electron chi connectivity index (χ0n) is 14.5. The highest BCUT2D eigenvalue weighted by Gasteiger charge is 2.23. The van der Waals surface area contributed by atoms with E-state index in [1.54, 1.807) is 4.57 Å². The number of nitrogens with one attached hydrogen (secondary N) is 1. The van der Waals surface area contributed by atoms with Crippen molar-refractivity contribution in [2.24, 2.45) is 0 Å². The summed E-state index contributed by atoms with van der Waals surface area (Å²) in [5, 5.41) is 18.6. The fourth-order valence-corrected chi connectivity index (χ4v) is 4.70. The predicted molar refractivity (Wildman–Crippen MR) is 100 cm³/mol. The Hall–Kier alpha value is -2.59. The summed E-state index contributed by atoms with van der Waals surface area (Å²) >= 11 is 1.30. The van der Waals surface area contributed by atoms with Crippen LogP contribution in [0.4, 0.5) is 0 Å². The summed E-state index contributed by atoms with van der Waals surface area (Å²) in [5.74, 6) is 0. The van der Waals surface area contributed by atoms with Crippen molar-refractivity contribution in [2.75, 3.05) is 0 Å². The fraction of sp³-hybridized carbons (Fsp3) is 0.368. The minimum Gasteiger partial charge on any atom is -0.267 e. The molecular weight excluding hydrogens is 346 g/mol. The second-order valence-corrected chi connectivity index (χ2v) is 7.58. The molecule has 0 unspecified atom stereocenters. The van der Waals surface area contributed by atoms with Crippen LogP contribution >= 0.6 is 11.8 Å². The van der Waals surface area contributed by atoms with Gasteiger partial charge in [0.15, 0.2) is 5.16 Å². The molecule has 1 fully saturated rings. The summed E-state index contributed by atoms with van der Waals surface area (Å²) in [7, 11) is 0. The average Bonchev–Trinajstić information content (AvgIpc) is 3.03. The summed E-state index contributed by atoms with van der Waals surface area (Å²) in [6, 6.07) is 10.2. The lowest BCUT2D eigenvalue weighted by Crippen LogP contribution is -2.24. The smallest absolute Gasteiger partial charge is 0.267 e. The lowest BCUT2D eigenvalue weighted by Gasteiger charge is -2.23. The average molecular weight is 365 g/mol. The predicted octanol–water partition coefficient (Wildman–Crippen LogP) is 3.96. The highest BCUT2D eigenvalue weighted by molar-refractivity contribution is 7.99. The van der Waals surface area contributed by atoms with Crippen LogP contribution in [0.15, 0.2) is 39.2 Å². The molecule has 7 heteroatoms. The van der Waals surface area contributed by atoms with Crippen LogP contribution in [0.1, 0.15) is 49.3 Å². The number of aromatic amines is 1. The van der Waals surface area contributed by atoms with Gasteiger partial charge in [-0.3, -0.25) is 4.57 Å². The molecule has 0 atom stereocenters. The van der Waals surface area contributed by atoms with E-state index in [2.05, 4.69) is 21.3 Å². The number of nitrogens with zero attached hydrogens (tertiary/aromatic N) is 4. The molecule has 0 saturated heterocycles. The number of aromatic nitrogens is 4. The highest BCUT2D eigenvalue weighted by Crippen LogP contribution is 2.35. The first-order valence-corrected chi connectivity index (χ1v) is 9.65. The minimum absolute atomic E-state index is 0.171. The molecule has 0 amide bonds. The zero-order valence-corrected chi connectivity index (χ0v) is 15.3. The molecule has 1 aromatic carbocycles. The van der Waals surface area contributed by atoms with E-state index < -0.39 is 0 Å². The van der Waals surface area contributed by atoms with E-state index in [-0.39, 0.29) is 11.7 Å². The quantitative estimate of drug-likeness (QED) is 0.759. The Morgan fingerprint density at radius 1 is 1.27 bits per heavy atom. The van der Waals surface area contributed by atoms with Gasteiger partial charge in [-0.05, 0) is 43.2 Å². The molecular formula is C19H19N5OS. The van der Waals surface area contributed by atoms with Gasteiger partial charge in [-0.25, -0.2) is 14.9 Å². The summed E-state index contributed by atoms with van der Waals surface area (Å²) in [5.41, 5.74) is 2.10. The third-order valence-electron chi connectivity index (χ3n) is 5.03. The minimum atomic E-state index is -0.185. The lowest BCUT2D eigenvalue weighted by molar-refractivity contribution is 0.330. The monoisotopic (exact) mass is 365 g/mol. The maximum atomic E-state index is 12.3. The molecule has 0 bridgehead atoms. The highest BCUT2D eigenvalue weighted by atomic mass is 32.2. The van der Waals surface area contributed by atoms with Crippen molar-refractivity contribution >= 4 is 22.7 Å². The lowest BCUT2D eigenvalue weighted by atomic mass is 9.95. The van der Waals surface area contributed by atoms with Crippen LogP contribution in [0, 0.1) is 18.3 Å². The number of hydrogen-bond donors (Lipinski definition) is 1. The molecule has 1 aliphatic carbocycles. The van der Waals surface area contributed by atoms with Crippen LogP contribution in [0.25, 0.3) is 10.9 Å². The number of pyridine rings is 1. The number of hydrogen-bond acceptors (Lipinski definition) is 5. The van der Waals surface area contributed by atoms with Crippen LogP contribution in [0.5, 0.6) is 0 Å². The Kier molecular flexibility index (Phi) is 4.51. The first-order chi connectivity index (χ1) is 12.7. The van der Waals surface area contributed by atoms with Crippen molar-refractivity contribution < 1.29 is 0 Å². The molecule has 0 aliphatic heterocycles. The molecule has 132 valence electrons. The van der Waals surface area contributed by atoms with E-state index >= 15 is 0 Å². The number of rotatable bonds is 3.